The van der Waals surface area contributed by atoms with Gasteiger partial charge in [0.1, 0.15) is 6.61 Å². The quantitative estimate of drug-likeness (QED) is 0.752. The van der Waals surface area contributed by atoms with Crippen molar-refractivity contribution in [1.82, 2.24) is 0 Å². The summed E-state index contributed by atoms with van der Waals surface area (Å²) in [5.41, 5.74) is 0.152. The lowest BCUT2D eigenvalue weighted by molar-refractivity contribution is -0.167. The van der Waals surface area contributed by atoms with E-state index in [4.69, 9.17) is 9.47 Å². The number of ether oxygens (including phenoxy) is 2. The first-order valence-corrected chi connectivity index (χ1v) is 5.75. The molecular weight excluding hydrogens is 216 g/mol. The minimum absolute atomic E-state index is 0.294. The van der Waals surface area contributed by atoms with Gasteiger partial charge in [0.05, 0.1) is 6.26 Å². The summed E-state index contributed by atoms with van der Waals surface area (Å²) >= 11 is 0. The second-order valence-corrected chi connectivity index (χ2v) is 4.32. The molecule has 1 aliphatic rings. The number of hydrogen-bond donors (Lipinski definition) is 0. The number of benzene rings is 1. The maximum atomic E-state index is 11.9. The van der Waals surface area contributed by atoms with E-state index < -0.39 is 5.60 Å². The van der Waals surface area contributed by atoms with Crippen molar-refractivity contribution >= 4 is 5.97 Å². The van der Waals surface area contributed by atoms with Crippen LogP contribution in [0.25, 0.3) is 0 Å². The molecule has 3 nitrogen and oxygen atoms in total. The van der Waals surface area contributed by atoms with Gasteiger partial charge in [-0.3, -0.25) is 0 Å². The number of esters is 1. The summed E-state index contributed by atoms with van der Waals surface area (Å²) in [6.07, 6.45) is 4.99. The second kappa shape index (κ2) is 5.04. The van der Waals surface area contributed by atoms with Crippen LogP contribution in [0.3, 0.4) is 0 Å². The van der Waals surface area contributed by atoms with Crippen molar-refractivity contribution in [1.29, 1.82) is 0 Å². The topological polar surface area (TPSA) is 35.5 Å². The van der Waals surface area contributed by atoms with E-state index >= 15 is 0 Å². The summed E-state index contributed by atoms with van der Waals surface area (Å²) in [6, 6.07) is 9.63. The third kappa shape index (κ3) is 2.87. The van der Waals surface area contributed by atoms with Gasteiger partial charge in [-0.2, -0.15) is 0 Å². The first-order valence-electron chi connectivity index (χ1n) is 5.75. The number of hydrogen-bond acceptors (Lipinski definition) is 3. The lowest BCUT2D eigenvalue weighted by atomic mass is 9.98. The molecule has 90 valence electrons. The molecule has 0 spiro atoms. The Labute approximate surface area is 101 Å². The molecule has 0 fully saturated rings. The fourth-order valence-electron chi connectivity index (χ4n) is 1.71. The molecule has 1 heterocycles. The van der Waals surface area contributed by atoms with Crippen molar-refractivity contribution in [3.05, 3.63) is 48.2 Å². The monoisotopic (exact) mass is 232 g/mol. The molecule has 0 saturated heterocycles. The molecule has 0 saturated carbocycles. The van der Waals surface area contributed by atoms with Crippen LogP contribution in [0.1, 0.15) is 25.3 Å². The highest BCUT2D eigenvalue weighted by Crippen LogP contribution is 2.24. The zero-order valence-electron chi connectivity index (χ0n) is 9.89. The molecule has 0 N–H and O–H groups in total. The normalized spacial score (nSPS) is 22.9. The largest absolute Gasteiger partial charge is 0.484 e. The van der Waals surface area contributed by atoms with Gasteiger partial charge in [-0.1, -0.05) is 30.3 Å². The number of carbonyl (C=O) groups excluding carboxylic acids is 1. The van der Waals surface area contributed by atoms with Crippen LogP contribution in [-0.4, -0.2) is 11.6 Å². The summed E-state index contributed by atoms with van der Waals surface area (Å²) < 4.78 is 10.6. The third-order valence-electron chi connectivity index (χ3n) is 2.86. The van der Waals surface area contributed by atoms with Crippen LogP contribution in [-0.2, 0) is 20.9 Å². The van der Waals surface area contributed by atoms with Gasteiger partial charge >= 0.3 is 5.97 Å². The van der Waals surface area contributed by atoms with Gasteiger partial charge < -0.3 is 9.47 Å². The zero-order valence-corrected chi connectivity index (χ0v) is 9.89. The Morgan fingerprint density at radius 3 is 2.82 bits per heavy atom. The van der Waals surface area contributed by atoms with Crippen LogP contribution in [0.2, 0.25) is 0 Å². The molecule has 0 aliphatic carbocycles. The van der Waals surface area contributed by atoms with E-state index in [0.717, 1.165) is 12.0 Å². The Balaban J connectivity index is 1.91. The predicted molar refractivity (Wildman–Crippen MR) is 64.1 cm³/mol. The van der Waals surface area contributed by atoms with Gasteiger partial charge in [-0.25, -0.2) is 4.79 Å². The van der Waals surface area contributed by atoms with Crippen molar-refractivity contribution in [2.24, 2.45) is 0 Å². The van der Waals surface area contributed by atoms with Gasteiger partial charge in [-0.15, -0.1) is 0 Å². The van der Waals surface area contributed by atoms with E-state index in [2.05, 4.69) is 0 Å². The van der Waals surface area contributed by atoms with Crippen LogP contribution in [0, 0.1) is 0 Å². The van der Waals surface area contributed by atoms with Crippen molar-refractivity contribution in [2.75, 3.05) is 0 Å². The first kappa shape index (κ1) is 11.7. The number of allylic oxidation sites excluding steroid dienone is 1. The molecule has 1 aromatic rings. The average molecular weight is 232 g/mol. The van der Waals surface area contributed by atoms with Crippen LogP contribution in [0.5, 0.6) is 0 Å². The molecule has 3 heteroatoms. The number of carbonyl (C=O) groups is 1. The lowest BCUT2D eigenvalue weighted by Gasteiger charge is -2.28. The minimum Gasteiger partial charge on any atom is -0.484 e. The van der Waals surface area contributed by atoms with Gasteiger partial charge in [0.25, 0.3) is 0 Å². The van der Waals surface area contributed by atoms with Gasteiger partial charge in [-0.05, 0) is 25.0 Å². The molecule has 0 bridgehead atoms. The van der Waals surface area contributed by atoms with Crippen molar-refractivity contribution in [3.63, 3.8) is 0 Å². The van der Waals surface area contributed by atoms with Gasteiger partial charge in [0.15, 0.2) is 0 Å². The maximum absolute atomic E-state index is 11.9. The lowest BCUT2D eigenvalue weighted by Crippen LogP contribution is -2.39. The molecule has 1 aliphatic heterocycles. The Morgan fingerprint density at radius 2 is 2.18 bits per heavy atom. The van der Waals surface area contributed by atoms with E-state index in [0.29, 0.717) is 13.0 Å². The van der Waals surface area contributed by atoms with E-state index in [-0.39, 0.29) is 5.97 Å². The fraction of sp³-hybridized carbons (Fsp3) is 0.357. The molecule has 2 rings (SSSR count). The van der Waals surface area contributed by atoms with Crippen molar-refractivity contribution in [2.45, 2.75) is 32.0 Å². The molecular formula is C14H16O3. The van der Waals surface area contributed by atoms with Gasteiger partial charge in [0.2, 0.25) is 5.60 Å². The third-order valence-corrected chi connectivity index (χ3v) is 2.86. The van der Waals surface area contributed by atoms with Crippen LogP contribution in [0.15, 0.2) is 42.7 Å². The second-order valence-electron chi connectivity index (χ2n) is 4.32. The number of rotatable bonds is 3. The maximum Gasteiger partial charge on any atom is 0.350 e. The summed E-state index contributed by atoms with van der Waals surface area (Å²) in [4.78, 5) is 11.9. The average Bonchev–Trinajstić information content (AvgIpc) is 2.38. The molecule has 1 atom stereocenters. The highest BCUT2D eigenvalue weighted by Gasteiger charge is 2.37. The van der Waals surface area contributed by atoms with E-state index in [9.17, 15) is 4.79 Å². The van der Waals surface area contributed by atoms with Crippen LogP contribution < -0.4 is 0 Å². The van der Waals surface area contributed by atoms with E-state index in [1.54, 1.807) is 13.2 Å². The van der Waals surface area contributed by atoms with Crippen LogP contribution in [0.4, 0.5) is 0 Å². The summed E-state index contributed by atoms with van der Waals surface area (Å²) in [7, 11) is 0. The van der Waals surface area contributed by atoms with Crippen LogP contribution >= 0.6 is 0 Å². The van der Waals surface area contributed by atoms with E-state index in [1.165, 1.54) is 0 Å². The molecule has 0 radical (unpaired) electrons. The minimum atomic E-state index is -0.830. The summed E-state index contributed by atoms with van der Waals surface area (Å²) in [6.45, 7) is 2.06. The Morgan fingerprint density at radius 1 is 1.41 bits per heavy atom. The van der Waals surface area contributed by atoms with Gasteiger partial charge in [0, 0.05) is 6.42 Å². The highest BCUT2D eigenvalue weighted by atomic mass is 16.6. The van der Waals surface area contributed by atoms with Crippen molar-refractivity contribution < 1.29 is 14.3 Å². The summed E-state index contributed by atoms with van der Waals surface area (Å²) in [5, 5.41) is 0. The first-order chi connectivity index (χ1) is 8.21. The fourth-order valence-corrected chi connectivity index (χ4v) is 1.71. The summed E-state index contributed by atoms with van der Waals surface area (Å²) in [5.74, 6) is -0.300. The molecule has 1 aromatic carbocycles. The SMILES string of the molecule is C[C@]1(C(=O)OCc2ccccc2)CCC=CO1. The zero-order chi connectivity index (χ0) is 12.1. The standard InChI is InChI=1S/C14H16O3/c1-14(9-5-6-10-17-14)13(15)16-11-12-7-3-2-4-8-12/h2-4,6-8,10H,5,9,11H2,1H3/t14-/m1/s1. The van der Waals surface area contributed by atoms with Crippen molar-refractivity contribution in [3.8, 4) is 0 Å². The Hall–Kier alpha value is -1.77. The highest BCUT2D eigenvalue weighted by molar-refractivity contribution is 5.79. The Kier molecular flexibility index (Phi) is 3.47. The molecule has 17 heavy (non-hydrogen) atoms. The van der Waals surface area contributed by atoms with E-state index in [1.807, 2.05) is 36.4 Å². The smallest absolute Gasteiger partial charge is 0.350 e. The molecule has 0 unspecified atom stereocenters. The Bertz CT molecular complexity index is 411. The predicted octanol–water partition coefficient (Wildman–Crippen LogP) is 2.81. The molecule has 0 aromatic heterocycles. The molecule has 0 amide bonds.